The van der Waals surface area contributed by atoms with Crippen LogP contribution in [0.4, 0.5) is 0 Å². The lowest BCUT2D eigenvalue weighted by Gasteiger charge is -2.12. The first-order valence-corrected chi connectivity index (χ1v) is 5.56. The second kappa shape index (κ2) is 5.36. The minimum Gasteiger partial charge on any atom is -0.496 e. The molecule has 0 aromatic heterocycles. The van der Waals surface area contributed by atoms with Crippen molar-refractivity contribution in [2.24, 2.45) is 0 Å². The van der Waals surface area contributed by atoms with Crippen molar-refractivity contribution in [1.29, 1.82) is 0 Å². The van der Waals surface area contributed by atoms with E-state index < -0.39 is 0 Å². The van der Waals surface area contributed by atoms with Crippen LogP contribution in [0.15, 0.2) is 42.5 Å². The Kier molecular flexibility index (Phi) is 3.63. The molecule has 0 radical (unpaired) electrons. The van der Waals surface area contributed by atoms with E-state index in [1.54, 1.807) is 20.3 Å². The lowest BCUT2D eigenvalue weighted by atomic mass is 10.0. The van der Waals surface area contributed by atoms with E-state index in [0.29, 0.717) is 17.1 Å². The molecule has 2 rings (SSSR count). The first-order chi connectivity index (χ1) is 8.80. The van der Waals surface area contributed by atoms with Gasteiger partial charge in [0.2, 0.25) is 0 Å². The summed E-state index contributed by atoms with van der Waals surface area (Å²) < 4.78 is 10.5. The van der Waals surface area contributed by atoms with Gasteiger partial charge in [0, 0.05) is 5.56 Å². The third-order valence-corrected chi connectivity index (χ3v) is 2.76. The molecular formula is C15H14O3. The summed E-state index contributed by atoms with van der Waals surface area (Å²) in [6.45, 7) is 0. The highest BCUT2D eigenvalue weighted by molar-refractivity contribution is 5.84. The average molecular weight is 242 g/mol. The molecule has 0 aliphatic rings. The average Bonchev–Trinajstić information content (AvgIpc) is 2.46. The molecule has 0 N–H and O–H groups in total. The molecule has 0 bridgehead atoms. The molecule has 3 nitrogen and oxygen atoms in total. The van der Waals surface area contributed by atoms with Gasteiger partial charge in [-0.25, -0.2) is 0 Å². The van der Waals surface area contributed by atoms with Crippen molar-refractivity contribution in [3.8, 4) is 22.6 Å². The fraction of sp³-hybridized carbons (Fsp3) is 0.133. The van der Waals surface area contributed by atoms with E-state index in [4.69, 9.17) is 9.47 Å². The molecule has 18 heavy (non-hydrogen) atoms. The third kappa shape index (κ3) is 2.20. The van der Waals surface area contributed by atoms with Crippen LogP contribution in [0.5, 0.6) is 11.5 Å². The van der Waals surface area contributed by atoms with Crippen LogP contribution in [-0.4, -0.2) is 20.5 Å². The van der Waals surface area contributed by atoms with E-state index in [1.165, 1.54) is 0 Å². The largest absolute Gasteiger partial charge is 0.496 e. The molecule has 2 aromatic carbocycles. The molecule has 2 aromatic rings. The monoisotopic (exact) mass is 242 g/mol. The minimum atomic E-state index is 0.481. The number of carbonyl (C=O) groups excluding carboxylic acids is 1. The van der Waals surface area contributed by atoms with Crippen LogP contribution in [0, 0.1) is 0 Å². The van der Waals surface area contributed by atoms with Crippen LogP contribution in [0.3, 0.4) is 0 Å². The van der Waals surface area contributed by atoms with E-state index in [-0.39, 0.29) is 0 Å². The summed E-state index contributed by atoms with van der Waals surface area (Å²) in [6, 6.07) is 13.3. The fourth-order valence-corrected chi connectivity index (χ4v) is 1.86. The Bertz CT molecular complexity index is 547. The van der Waals surface area contributed by atoms with Gasteiger partial charge >= 0.3 is 0 Å². The van der Waals surface area contributed by atoms with Gasteiger partial charge in [-0.3, -0.25) is 4.79 Å². The zero-order valence-electron chi connectivity index (χ0n) is 10.3. The molecule has 0 heterocycles. The van der Waals surface area contributed by atoms with Crippen LogP contribution in [0.1, 0.15) is 10.4 Å². The van der Waals surface area contributed by atoms with Crippen molar-refractivity contribution in [2.45, 2.75) is 0 Å². The molecule has 0 unspecified atom stereocenters. The lowest BCUT2D eigenvalue weighted by molar-refractivity contribution is 0.112. The number of ether oxygens (including phenoxy) is 2. The van der Waals surface area contributed by atoms with Crippen LogP contribution in [0.25, 0.3) is 11.1 Å². The summed E-state index contributed by atoms with van der Waals surface area (Å²) in [5.74, 6) is 1.20. The fourth-order valence-electron chi connectivity index (χ4n) is 1.86. The minimum absolute atomic E-state index is 0.481. The van der Waals surface area contributed by atoms with E-state index >= 15 is 0 Å². The number of carbonyl (C=O) groups is 1. The normalized spacial score (nSPS) is 9.89. The predicted molar refractivity (Wildman–Crippen MR) is 70.4 cm³/mol. The molecule has 0 fully saturated rings. The van der Waals surface area contributed by atoms with Crippen molar-refractivity contribution in [3.05, 3.63) is 48.0 Å². The van der Waals surface area contributed by atoms with Gasteiger partial charge in [0.25, 0.3) is 0 Å². The van der Waals surface area contributed by atoms with Crippen molar-refractivity contribution >= 4 is 6.29 Å². The summed E-state index contributed by atoms with van der Waals surface area (Å²) in [5, 5.41) is 0. The van der Waals surface area contributed by atoms with Crippen LogP contribution >= 0.6 is 0 Å². The van der Waals surface area contributed by atoms with E-state index in [0.717, 1.165) is 17.4 Å². The maximum atomic E-state index is 11.0. The van der Waals surface area contributed by atoms with E-state index in [9.17, 15) is 4.79 Å². The van der Waals surface area contributed by atoms with Crippen molar-refractivity contribution in [3.63, 3.8) is 0 Å². The predicted octanol–water partition coefficient (Wildman–Crippen LogP) is 3.18. The van der Waals surface area contributed by atoms with Gasteiger partial charge in [0.15, 0.2) is 6.29 Å². The second-order valence-electron chi connectivity index (χ2n) is 3.78. The summed E-state index contributed by atoms with van der Waals surface area (Å²) in [5.41, 5.74) is 2.40. The molecule has 0 atom stereocenters. The van der Waals surface area contributed by atoms with Crippen LogP contribution in [0.2, 0.25) is 0 Å². The van der Waals surface area contributed by atoms with Gasteiger partial charge in [0.05, 0.1) is 19.8 Å². The topological polar surface area (TPSA) is 35.5 Å². The van der Waals surface area contributed by atoms with Gasteiger partial charge in [-0.2, -0.15) is 0 Å². The lowest BCUT2D eigenvalue weighted by Crippen LogP contribution is -1.95. The molecule has 92 valence electrons. The molecule has 0 saturated heterocycles. The Morgan fingerprint density at radius 1 is 0.944 bits per heavy atom. The van der Waals surface area contributed by atoms with Crippen molar-refractivity contribution < 1.29 is 14.3 Å². The number of rotatable bonds is 4. The maximum Gasteiger partial charge on any atom is 0.153 e. The number of hydrogen-bond acceptors (Lipinski definition) is 3. The van der Waals surface area contributed by atoms with Gasteiger partial charge in [0.1, 0.15) is 11.5 Å². The summed E-state index contributed by atoms with van der Waals surface area (Å²) >= 11 is 0. The smallest absolute Gasteiger partial charge is 0.153 e. The highest BCUT2D eigenvalue weighted by Crippen LogP contribution is 2.35. The number of hydrogen-bond donors (Lipinski definition) is 0. The third-order valence-electron chi connectivity index (χ3n) is 2.76. The number of methoxy groups -OCH3 is 2. The standard InChI is InChI=1S/C15H14O3/c1-17-14-9-13(11-6-4-3-5-7-11)15(18-2)8-12(14)10-16/h3-10H,1-2H3. The molecule has 0 aliphatic carbocycles. The molecule has 0 amide bonds. The molecular weight excluding hydrogens is 228 g/mol. The Morgan fingerprint density at radius 3 is 2.17 bits per heavy atom. The van der Waals surface area contributed by atoms with Gasteiger partial charge in [-0.1, -0.05) is 30.3 Å². The Balaban J connectivity index is 2.63. The molecule has 0 spiro atoms. The summed E-state index contributed by atoms with van der Waals surface area (Å²) in [6.07, 6.45) is 0.760. The highest BCUT2D eigenvalue weighted by atomic mass is 16.5. The van der Waals surface area contributed by atoms with Crippen LogP contribution in [-0.2, 0) is 0 Å². The van der Waals surface area contributed by atoms with Gasteiger partial charge < -0.3 is 9.47 Å². The van der Waals surface area contributed by atoms with Crippen molar-refractivity contribution in [1.82, 2.24) is 0 Å². The van der Waals surface area contributed by atoms with E-state index in [1.807, 2.05) is 36.4 Å². The highest BCUT2D eigenvalue weighted by Gasteiger charge is 2.11. The first-order valence-electron chi connectivity index (χ1n) is 5.56. The SMILES string of the molecule is COc1cc(-c2ccccc2)c(OC)cc1C=O. The Labute approximate surface area is 106 Å². The quantitative estimate of drug-likeness (QED) is 0.772. The second-order valence-corrected chi connectivity index (χ2v) is 3.78. The zero-order chi connectivity index (χ0) is 13.0. The summed E-state index contributed by atoms with van der Waals surface area (Å²) in [7, 11) is 3.13. The van der Waals surface area contributed by atoms with Gasteiger partial charge in [-0.05, 0) is 17.7 Å². The number of benzene rings is 2. The Morgan fingerprint density at radius 2 is 1.61 bits per heavy atom. The van der Waals surface area contributed by atoms with Gasteiger partial charge in [-0.15, -0.1) is 0 Å². The Hall–Kier alpha value is -2.29. The summed E-state index contributed by atoms with van der Waals surface area (Å²) in [4.78, 5) is 11.0. The maximum absolute atomic E-state index is 11.0. The molecule has 0 saturated carbocycles. The molecule has 3 heteroatoms. The molecule has 0 aliphatic heterocycles. The number of aldehydes is 1. The van der Waals surface area contributed by atoms with E-state index in [2.05, 4.69) is 0 Å². The van der Waals surface area contributed by atoms with Crippen LogP contribution < -0.4 is 9.47 Å². The van der Waals surface area contributed by atoms with Crippen molar-refractivity contribution in [2.75, 3.05) is 14.2 Å². The first kappa shape index (κ1) is 12.2. The zero-order valence-corrected chi connectivity index (χ0v) is 10.3.